The lowest BCUT2D eigenvalue weighted by Crippen LogP contribution is -2.50. The SMILES string of the molecule is COc1ccc(NC(=O)N2CCN(c3ccccc3C#N)CC2)cc1N1CCN(C)CC1.O=C(O)/C=C/C(=O)O. The van der Waals surface area contributed by atoms with Crippen LogP contribution in [0, 0.1) is 11.3 Å². The first kappa shape index (κ1) is 29.8. The molecule has 2 saturated heterocycles. The monoisotopic (exact) mass is 550 g/mol. The molecule has 2 aliphatic rings. The van der Waals surface area contributed by atoms with Gasteiger partial charge in [-0.15, -0.1) is 0 Å². The van der Waals surface area contributed by atoms with E-state index in [9.17, 15) is 19.6 Å². The molecule has 2 amide bonds. The highest BCUT2D eigenvalue weighted by Gasteiger charge is 2.24. The number of methoxy groups -OCH3 is 1. The van der Waals surface area contributed by atoms with Crippen molar-refractivity contribution in [3.8, 4) is 11.8 Å². The van der Waals surface area contributed by atoms with Gasteiger partial charge in [0.1, 0.15) is 11.8 Å². The van der Waals surface area contributed by atoms with Gasteiger partial charge in [-0.05, 0) is 37.4 Å². The minimum absolute atomic E-state index is 0.104. The fourth-order valence-corrected chi connectivity index (χ4v) is 4.40. The van der Waals surface area contributed by atoms with Crippen LogP contribution in [0.5, 0.6) is 5.75 Å². The zero-order chi connectivity index (χ0) is 29.1. The normalized spacial score (nSPS) is 15.6. The predicted octanol–water partition coefficient (Wildman–Crippen LogP) is 2.38. The molecule has 2 fully saturated rings. The van der Waals surface area contributed by atoms with Gasteiger partial charge in [0.15, 0.2) is 0 Å². The number of likely N-dealkylation sites (N-methyl/N-ethyl adjacent to an activating group) is 1. The van der Waals surface area contributed by atoms with Gasteiger partial charge >= 0.3 is 18.0 Å². The third-order valence-corrected chi connectivity index (χ3v) is 6.57. The van der Waals surface area contributed by atoms with E-state index in [1.54, 1.807) is 7.11 Å². The van der Waals surface area contributed by atoms with E-state index in [0.29, 0.717) is 43.9 Å². The molecule has 4 rings (SSSR count). The van der Waals surface area contributed by atoms with Gasteiger partial charge in [0, 0.05) is 70.2 Å². The van der Waals surface area contributed by atoms with E-state index in [2.05, 4.69) is 33.1 Å². The molecule has 2 aromatic carbocycles. The Hall–Kier alpha value is -4.76. The lowest BCUT2D eigenvalue weighted by Gasteiger charge is -2.36. The Balaban J connectivity index is 0.000000482. The van der Waals surface area contributed by atoms with Crippen molar-refractivity contribution in [3.63, 3.8) is 0 Å². The zero-order valence-electron chi connectivity index (χ0n) is 22.6. The number of hydrogen-bond acceptors (Lipinski definition) is 8. The number of piperazine rings is 2. The van der Waals surface area contributed by atoms with Crippen molar-refractivity contribution in [1.29, 1.82) is 5.26 Å². The summed E-state index contributed by atoms with van der Waals surface area (Å²) in [5, 5.41) is 28.0. The molecule has 212 valence electrons. The summed E-state index contributed by atoms with van der Waals surface area (Å²) in [5.74, 6) is -1.70. The van der Waals surface area contributed by atoms with E-state index in [0.717, 1.165) is 49.0 Å². The largest absolute Gasteiger partial charge is 0.495 e. The van der Waals surface area contributed by atoms with Gasteiger partial charge in [-0.25, -0.2) is 14.4 Å². The first-order chi connectivity index (χ1) is 19.2. The number of aliphatic carboxylic acids is 2. The summed E-state index contributed by atoms with van der Waals surface area (Å²) in [6.45, 7) is 6.45. The van der Waals surface area contributed by atoms with E-state index in [1.165, 1.54) is 0 Å². The number of nitrogens with zero attached hydrogens (tertiary/aromatic N) is 5. The molecular formula is C28H34N6O6. The molecule has 0 radical (unpaired) electrons. The Morgan fingerprint density at radius 2 is 1.45 bits per heavy atom. The summed E-state index contributed by atoms with van der Waals surface area (Å²) in [5.41, 5.74) is 3.38. The number of nitriles is 1. The van der Waals surface area contributed by atoms with E-state index in [-0.39, 0.29) is 6.03 Å². The third-order valence-electron chi connectivity index (χ3n) is 6.57. The molecule has 0 aliphatic carbocycles. The maximum absolute atomic E-state index is 12.9. The van der Waals surface area contributed by atoms with Crippen molar-refractivity contribution in [1.82, 2.24) is 9.80 Å². The molecule has 2 aromatic rings. The Morgan fingerprint density at radius 1 is 0.875 bits per heavy atom. The second-order valence-corrected chi connectivity index (χ2v) is 9.22. The molecule has 2 aliphatic heterocycles. The molecule has 12 heteroatoms. The molecule has 0 unspecified atom stereocenters. The van der Waals surface area contributed by atoms with E-state index < -0.39 is 11.9 Å². The number of amides is 2. The van der Waals surface area contributed by atoms with Crippen molar-refractivity contribution in [2.24, 2.45) is 0 Å². The standard InChI is InChI=1S/C24H30N6O2.C4H4O4/c1-27-9-11-29(12-10-27)22-17-20(7-8-23(22)32-2)26-24(31)30-15-13-28(14-16-30)21-6-4-3-5-19(21)18-25;5-3(6)1-2-4(7)8/h3-8,17H,9-16H2,1-2H3,(H,26,31);1-2H,(H,5,6)(H,7,8)/b;2-1+. The fourth-order valence-electron chi connectivity index (χ4n) is 4.40. The van der Waals surface area contributed by atoms with Crippen molar-refractivity contribution in [3.05, 3.63) is 60.2 Å². The molecule has 0 spiro atoms. The average molecular weight is 551 g/mol. The first-order valence-corrected chi connectivity index (χ1v) is 12.8. The highest BCUT2D eigenvalue weighted by molar-refractivity contribution is 5.91. The van der Waals surface area contributed by atoms with Crippen LogP contribution in [-0.4, -0.2) is 104 Å². The minimum Gasteiger partial charge on any atom is -0.495 e. The summed E-state index contributed by atoms with van der Waals surface area (Å²) in [4.78, 5) is 40.6. The van der Waals surface area contributed by atoms with E-state index in [4.69, 9.17) is 14.9 Å². The molecule has 0 bridgehead atoms. The van der Waals surface area contributed by atoms with Crippen LogP contribution >= 0.6 is 0 Å². The van der Waals surface area contributed by atoms with Gasteiger partial charge in [0.05, 0.1) is 24.0 Å². The van der Waals surface area contributed by atoms with Gasteiger partial charge in [0.2, 0.25) is 0 Å². The van der Waals surface area contributed by atoms with Crippen LogP contribution in [0.3, 0.4) is 0 Å². The molecule has 2 heterocycles. The molecule has 0 saturated carbocycles. The smallest absolute Gasteiger partial charge is 0.328 e. The van der Waals surface area contributed by atoms with Gasteiger partial charge in [-0.3, -0.25) is 0 Å². The summed E-state index contributed by atoms with van der Waals surface area (Å²) in [6, 6.07) is 15.6. The number of ether oxygens (including phenoxy) is 1. The number of urea groups is 1. The van der Waals surface area contributed by atoms with Crippen LogP contribution in [0.2, 0.25) is 0 Å². The predicted molar refractivity (Wildman–Crippen MR) is 151 cm³/mol. The number of rotatable bonds is 6. The van der Waals surface area contributed by atoms with Gasteiger partial charge in [-0.1, -0.05) is 12.1 Å². The van der Waals surface area contributed by atoms with Crippen molar-refractivity contribution in [2.75, 3.05) is 81.6 Å². The van der Waals surface area contributed by atoms with Crippen LogP contribution in [0.25, 0.3) is 0 Å². The van der Waals surface area contributed by atoms with Crippen LogP contribution in [0.15, 0.2) is 54.6 Å². The number of benzene rings is 2. The van der Waals surface area contributed by atoms with Gasteiger partial charge in [0.25, 0.3) is 0 Å². The maximum atomic E-state index is 12.9. The second kappa shape index (κ2) is 14.4. The zero-order valence-corrected chi connectivity index (χ0v) is 22.6. The number of para-hydroxylation sites is 1. The quantitative estimate of drug-likeness (QED) is 0.458. The number of nitrogens with one attached hydrogen (secondary N) is 1. The van der Waals surface area contributed by atoms with Crippen LogP contribution in [0.4, 0.5) is 21.9 Å². The number of carbonyl (C=O) groups excluding carboxylic acids is 1. The lowest BCUT2D eigenvalue weighted by molar-refractivity contribution is -0.134. The van der Waals surface area contributed by atoms with Crippen molar-refractivity contribution < 1.29 is 29.3 Å². The van der Waals surface area contributed by atoms with E-state index >= 15 is 0 Å². The Bertz CT molecular complexity index is 1240. The number of anilines is 3. The fraction of sp³-hybridized carbons (Fsp3) is 0.357. The highest BCUT2D eigenvalue weighted by atomic mass is 16.5. The molecule has 3 N–H and O–H groups in total. The second-order valence-electron chi connectivity index (χ2n) is 9.22. The Morgan fingerprint density at radius 3 is 2.02 bits per heavy atom. The lowest BCUT2D eigenvalue weighted by atomic mass is 10.1. The van der Waals surface area contributed by atoms with Crippen LogP contribution in [-0.2, 0) is 9.59 Å². The average Bonchev–Trinajstić information content (AvgIpc) is 2.97. The van der Waals surface area contributed by atoms with E-state index in [1.807, 2.05) is 47.4 Å². The van der Waals surface area contributed by atoms with Crippen molar-refractivity contribution >= 4 is 35.0 Å². The molecule has 0 atom stereocenters. The molecule has 40 heavy (non-hydrogen) atoms. The minimum atomic E-state index is -1.26. The van der Waals surface area contributed by atoms with Crippen LogP contribution < -0.4 is 19.9 Å². The van der Waals surface area contributed by atoms with Crippen molar-refractivity contribution in [2.45, 2.75) is 0 Å². The molecule has 12 nitrogen and oxygen atoms in total. The van der Waals surface area contributed by atoms with Gasteiger partial charge in [-0.2, -0.15) is 5.26 Å². The summed E-state index contributed by atoms with van der Waals surface area (Å²) in [7, 11) is 3.81. The van der Waals surface area contributed by atoms with Crippen LogP contribution in [0.1, 0.15) is 5.56 Å². The number of carbonyl (C=O) groups is 3. The topological polar surface area (TPSA) is 150 Å². The summed E-state index contributed by atoms with van der Waals surface area (Å²) < 4.78 is 5.57. The third kappa shape index (κ3) is 8.37. The molecular weight excluding hydrogens is 516 g/mol. The number of carboxylic acid groups (broad SMARTS) is 2. The highest BCUT2D eigenvalue weighted by Crippen LogP contribution is 2.32. The Labute approximate surface area is 233 Å². The molecule has 0 aromatic heterocycles. The Kier molecular flexibility index (Phi) is 10.7. The first-order valence-electron chi connectivity index (χ1n) is 12.8. The maximum Gasteiger partial charge on any atom is 0.328 e. The summed E-state index contributed by atoms with van der Waals surface area (Å²) in [6.07, 6.45) is 1.12. The number of carboxylic acids is 2. The summed E-state index contributed by atoms with van der Waals surface area (Å²) >= 11 is 0. The van der Waals surface area contributed by atoms with Gasteiger partial charge < -0.3 is 39.9 Å². The number of hydrogen-bond donors (Lipinski definition) is 3.